The Kier molecular flexibility index (Phi) is 7.40. The van der Waals surface area contributed by atoms with Crippen LogP contribution >= 0.6 is 11.3 Å². The van der Waals surface area contributed by atoms with Gasteiger partial charge < -0.3 is 19.2 Å². The van der Waals surface area contributed by atoms with Gasteiger partial charge in [0.25, 0.3) is 0 Å². The van der Waals surface area contributed by atoms with Crippen LogP contribution in [0.3, 0.4) is 0 Å². The molecule has 3 aromatic rings. The molecule has 0 saturated heterocycles. The number of ether oxygens (including phenoxy) is 2. The Balaban J connectivity index is 1.46. The monoisotopic (exact) mass is 430 g/mol. The van der Waals surface area contributed by atoms with Gasteiger partial charge in [-0.15, -0.1) is 21.5 Å². The number of hydrogen-bond donors (Lipinski definition) is 1. The fourth-order valence-electron chi connectivity index (χ4n) is 2.91. The lowest BCUT2D eigenvalue weighted by molar-refractivity contribution is -0.121. The van der Waals surface area contributed by atoms with Gasteiger partial charge in [0, 0.05) is 36.2 Å². The third-order valence-corrected chi connectivity index (χ3v) is 5.77. The van der Waals surface area contributed by atoms with E-state index in [0.717, 1.165) is 34.2 Å². The molecule has 2 heterocycles. The Morgan fingerprint density at radius 3 is 2.63 bits per heavy atom. The maximum absolute atomic E-state index is 12.1. The van der Waals surface area contributed by atoms with E-state index in [0.29, 0.717) is 37.6 Å². The number of carbonyl (C=O) groups excluding carboxylic acids is 1. The van der Waals surface area contributed by atoms with E-state index in [4.69, 9.17) is 13.9 Å². The second kappa shape index (κ2) is 10.2. The van der Waals surface area contributed by atoms with E-state index in [9.17, 15) is 4.79 Å². The summed E-state index contributed by atoms with van der Waals surface area (Å²) in [4.78, 5) is 17.8. The average Bonchev–Trinajstić information content (AvgIpc) is 3.32. The number of thiazole rings is 1. The normalized spacial score (nSPS) is 10.8. The van der Waals surface area contributed by atoms with E-state index in [-0.39, 0.29) is 5.91 Å². The van der Waals surface area contributed by atoms with Crippen molar-refractivity contribution < 1.29 is 18.7 Å². The summed E-state index contributed by atoms with van der Waals surface area (Å²) in [6.45, 7) is 4.62. The molecule has 1 amide bonds. The van der Waals surface area contributed by atoms with Gasteiger partial charge in [-0.3, -0.25) is 4.79 Å². The number of aryl methyl sites for hydroxylation is 3. The van der Waals surface area contributed by atoms with Crippen molar-refractivity contribution in [2.24, 2.45) is 0 Å². The molecule has 8 nitrogen and oxygen atoms in total. The molecule has 1 N–H and O–H groups in total. The van der Waals surface area contributed by atoms with Crippen LogP contribution in [0.4, 0.5) is 0 Å². The summed E-state index contributed by atoms with van der Waals surface area (Å²) in [5.41, 5.74) is 1.94. The lowest BCUT2D eigenvalue weighted by Crippen LogP contribution is -2.25. The molecule has 0 bridgehead atoms. The summed E-state index contributed by atoms with van der Waals surface area (Å²) in [6, 6.07) is 5.54. The Morgan fingerprint density at radius 1 is 1.13 bits per heavy atom. The number of methoxy groups -OCH3 is 2. The topological polar surface area (TPSA) is 99.4 Å². The van der Waals surface area contributed by atoms with E-state index in [1.807, 2.05) is 25.1 Å². The predicted octanol–water partition coefficient (Wildman–Crippen LogP) is 3.04. The van der Waals surface area contributed by atoms with Crippen LogP contribution in [0.2, 0.25) is 0 Å². The third kappa shape index (κ3) is 5.79. The third-order valence-electron chi connectivity index (χ3n) is 4.64. The average molecular weight is 431 g/mol. The molecule has 30 heavy (non-hydrogen) atoms. The molecule has 0 aliphatic rings. The van der Waals surface area contributed by atoms with Crippen molar-refractivity contribution in [1.29, 1.82) is 0 Å². The minimum Gasteiger partial charge on any atom is -0.497 e. The Hall–Kier alpha value is -2.94. The smallest absolute Gasteiger partial charge is 0.221 e. The van der Waals surface area contributed by atoms with Crippen LogP contribution in [0.1, 0.15) is 39.3 Å². The zero-order valence-electron chi connectivity index (χ0n) is 17.7. The fourth-order valence-corrected chi connectivity index (χ4v) is 3.84. The minimum absolute atomic E-state index is 0.0470. The quantitative estimate of drug-likeness (QED) is 0.528. The van der Waals surface area contributed by atoms with Crippen molar-refractivity contribution in [2.45, 2.75) is 39.5 Å². The zero-order valence-corrected chi connectivity index (χ0v) is 18.5. The molecule has 0 spiro atoms. The van der Waals surface area contributed by atoms with Crippen molar-refractivity contribution in [3.05, 3.63) is 51.1 Å². The number of carbonyl (C=O) groups is 1. The molecule has 0 radical (unpaired) electrons. The largest absolute Gasteiger partial charge is 0.497 e. The van der Waals surface area contributed by atoms with Gasteiger partial charge in [-0.05, 0) is 32.0 Å². The van der Waals surface area contributed by atoms with E-state index < -0.39 is 0 Å². The highest BCUT2D eigenvalue weighted by Gasteiger charge is 2.13. The summed E-state index contributed by atoms with van der Waals surface area (Å²) in [5, 5.41) is 12.1. The lowest BCUT2D eigenvalue weighted by Gasteiger charge is -2.08. The van der Waals surface area contributed by atoms with Gasteiger partial charge in [-0.25, -0.2) is 4.98 Å². The molecule has 0 atom stereocenters. The molecular weight excluding hydrogens is 404 g/mol. The van der Waals surface area contributed by atoms with Crippen LogP contribution in [-0.2, 0) is 24.1 Å². The van der Waals surface area contributed by atoms with Crippen molar-refractivity contribution in [2.75, 3.05) is 20.8 Å². The van der Waals surface area contributed by atoms with Gasteiger partial charge in [0.05, 0.1) is 31.3 Å². The number of benzene rings is 1. The van der Waals surface area contributed by atoms with Crippen LogP contribution < -0.4 is 14.8 Å². The van der Waals surface area contributed by atoms with Crippen molar-refractivity contribution in [3.63, 3.8) is 0 Å². The molecule has 9 heteroatoms. The molecule has 0 unspecified atom stereocenters. The van der Waals surface area contributed by atoms with Crippen LogP contribution in [0.15, 0.2) is 22.6 Å². The second-order valence-electron chi connectivity index (χ2n) is 6.79. The van der Waals surface area contributed by atoms with E-state index in [1.165, 1.54) is 4.88 Å². The summed E-state index contributed by atoms with van der Waals surface area (Å²) < 4.78 is 16.3. The molecule has 160 valence electrons. The highest BCUT2D eigenvalue weighted by atomic mass is 32.1. The molecule has 2 aromatic heterocycles. The van der Waals surface area contributed by atoms with E-state index >= 15 is 0 Å². The lowest BCUT2D eigenvalue weighted by atomic mass is 10.1. The summed E-state index contributed by atoms with van der Waals surface area (Å²) >= 11 is 1.67. The maximum Gasteiger partial charge on any atom is 0.221 e. The van der Waals surface area contributed by atoms with Gasteiger partial charge in [-0.2, -0.15) is 0 Å². The van der Waals surface area contributed by atoms with Crippen LogP contribution in [0.5, 0.6) is 11.5 Å². The van der Waals surface area contributed by atoms with Crippen LogP contribution in [-0.4, -0.2) is 41.9 Å². The maximum atomic E-state index is 12.1. The Labute approximate surface area is 179 Å². The Bertz CT molecular complexity index is 979. The van der Waals surface area contributed by atoms with Gasteiger partial charge in [0.15, 0.2) is 0 Å². The van der Waals surface area contributed by atoms with Crippen LogP contribution in [0.25, 0.3) is 0 Å². The van der Waals surface area contributed by atoms with Crippen molar-refractivity contribution in [1.82, 2.24) is 20.5 Å². The summed E-state index contributed by atoms with van der Waals surface area (Å²) in [7, 11) is 3.22. The summed E-state index contributed by atoms with van der Waals surface area (Å²) in [5.74, 6) is 2.31. The van der Waals surface area contributed by atoms with Gasteiger partial charge in [0.1, 0.15) is 11.5 Å². The minimum atomic E-state index is -0.0470. The first-order chi connectivity index (χ1) is 14.5. The number of hydrogen-bond acceptors (Lipinski definition) is 8. The molecule has 3 rings (SSSR count). The predicted molar refractivity (Wildman–Crippen MR) is 113 cm³/mol. The highest BCUT2D eigenvalue weighted by Crippen LogP contribution is 2.26. The van der Waals surface area contributed by atoms with Gasteiger partial charge in [0.2, 0.25) is 17.7 Å². The van der Waals surface area contributed by atoms with Crippen LogP contribution in [0, 0.1) is 13.8 Å². The number of nitrogens with one attached hydrogen (secondary N) is 1. The number of nitrogens with zero attached hydrogens (tertiary/aromatic N) is 3. The molecule has 0 fully saturated rings. The first kappa shape index (κ1) is 21.8. The summed E-state index contributed by atoms with van der Waals surface area (Å²) in [6.07, 6.45) is 1.84. The van der Waals surface area contributed by atoms with Crippen molar-refractivity contribution >= 4 is 17.2 Å². The second-order valence-corrected chi connectivity index (χ2v) is 8.08. The highest BCUT2D eigenvalue weighted by molar-refractivity contribution is 7.11. The Morgan fingerprint density at radius 2 is 1.93 bits per heavy atom. The fraction of sp³-hybridized carbons (Fsp3) is 0.429. The number of amides is 1. The molecule has 0 aliphatic carbocycles. The van der Waals surface area contributed by atoms with Gasteiger partial charge >= 0.3 is 0 Å². The zero-order chi connectivity index (χ0) is 21.5. The SMILES string of the molecule is COc1ccc(OC)c(Cc2nnc(CCC(=O)NCCc3nc(C)c(C)s3)o2)c1. The first-order valence-corrected chi connectivity index (χ1v) is 10.5. The van der Waals surface area contributed by atoms with Crippen molar-refractivity contribution in [3.8, 4) is 11.5 Å². The first-order valence-electron chi connectivity index (χ1n) is 9.70. The molecule has 0 aliphatic heterocycles. The van der Waals surface area contributed by atoms with E-state index in [1.54, 1.807) is 25.6 Å². The van der Waals surface area contributed by atoms with Gasteiger partial charge in [-0.1, -0.05) is 0 Å². The molecular formula is C21H26N4O4S. The van der Waals surface area contributed by atoms with E-state index in [2.05, 4.69) is 27.4 Å². The molecule has 0 saturated carbocycles. The standard InChI is InChI=1S/C21H26N4O4S/c1-13-14(2)30-21(23-13)9-10-22-18(26)7-8-19-24-25-20(29-19)12-15-11-16(27-3)5-6-17(15)28-4/h5-6,11H,7-10,12H2,1-4H3,(H,22,26). The number of aromatic nitrogens is 3. The number of rotatable bonds is 10. The molecule has 1 aromatic carbocycles.